The normalized spacial score (nSPS) is 12.0. The van der Waals surface area contributed by atoms with Crippen LogP contribution in [0.5, 0.6) is 5.75 Å². The highest BCUT2D eigenvalue weighted by molar-refractivity contribution is 5.98. The van der Waals surface area contributed by atoms with E-state index >= 15 is 0 Å². The van der Waals surface area contributed by atoms with Crippen LogP contribution in [0.1, 0.15) is 20.8 Å². The molecule has 22 heavy (non-hydrogen) atoms. The van der Waals surface area contributed by atoms with Gasteiger partial charge in [0.1, 0.15) is 17.8 Å². The van der Waals surface area contributed by atoms with E-state index in [0.29, 0.717) is 28.1 Å². The average Bonchev–Trinajstić information content (AvgIpc) is 2.83. The zero-order valence-electron chi connectivity index (χ0n) is 12.5. The van der Waals surface area contributed by atoms with Crippen LogP contribution >= 0.6 is 0 Å². The van der Waals surface area contributed by atoms with Crippen molar-refractivity contribution in [2.45, 2.75) is 26.3 Å². The van der Waals surface area contributed by atoms with E-state index in [1.165, 1.54) is 24.5 Å². The molecule has 0 bridgehead atoms. The summed E-state index contributed by atoms with van der Waals surface area (Å²) in [5.74, 6) is -0.835. The predicted molar refractivity (Wildman–Crippen MR) is 81.8 cm³/mol. The Labute approximate surface area is 126 Å². The molecular formula is C15H16FN5O. The van der Waals surface area contributed by atoms with Crippen LogP contribution < -0.4 is 5.73 Å². The number of hydrogen-bond acceptors (Lipinski definition) is 5. The van der Waals surface area contributed by atoms with Crippen LogP contribution in [-0.2, 0) is 5.54 Å². The molecule has 1 aromatic carbocycles. The number of phenols is 1. The van der Waals surface area contributed by atoms with Crippen LogP contribution in [0.15, 0.2) is 24.5 Å². The molecule has 3 aromatic rings. The number of benzene rings is 1. The molecule has 0 saturated heterocycles. The molecule has 2 aromatic heterocycles. The Morgan fingerprint density at radius 1 is 1.23 bits per heavy atom. The van der Waals surface area contributed by atoms with Crippen molar-refractivity contribution in [3.63, 3.8) is 0 Å². The lowest BCUT2D eigenvalue weighted by Gasteiger charge is -2.19. The minimum absolute atomic E-state index is 0.291. The quantitative estimate of drug-likeness (QED) is 0.721. The zero-order valence-corrected chi connectivity index (χ0v) is 12.5. The Balaban J connectivity index is 2.36. The monoisotopic (exact) mass is 301 g/mol. The van der Waals surface area contributed by atoms with Crippen LogP contribution in [0.2, 0.25) is 0 Å². The molecule has 0 radical (unpaired) electrons. The SMILES string of the molecule is CC(C)(C)n1nc(-c2ccc(F)c(O)c2)c2c(N)ncnc21. The number of rotatable bonds is 1. The number of nitrogen functional groups attached to an aromatic ring is 1. The van der Waals surface area contributed by atoms with Crippen molar-refractivity contribution in [2.75, 3.05) is 5.73 Å². The van der Waals surface area contributed by atoms with Gasteiger partial charge in [-0.05, 0) is 39.0 Å². The first-order chi connectivity index (χ1) is 10.3. The Hall–Kier alpha value is -2.70. The molecule has 7 heteroatoms. The summed E-state index contributed by atoms with van der Waals surface area (Å²) < 4.78 is 15.0. The number of halogens is 1. The molecule has 2 heterocycles. The van der Waals surface area contributed by atoms with Crippen molar-refractivity contribution in [1.82, 2.24) is 19.7 Å². The second-order valence-corrected chi connectivity index (χ2v) is 6.05. The van der Waals surface area contributed by atoms with E-state index in [0.717, 1.165) is 0 Å². The zero-order chi connectivity index (χ0) is 16.1. The second-order valence-electron chi connectivity index (χ2n) is 6.05. The van der Waals surface area contributed by atoms with Gasteiger partial charge in [0.2, 0.25) is 0 Å². The van der Waals surface area contributed by atoms with Crippen LogP contribution in [0.4, 0.5) is 10.2 Å². The number of fused-ring (bicyclic) bond motifs is 1. The fourth-order valence-electron chi connectivity index (χ4n) is 2.30. The van der Waals surface area contributed by atoms with Crippen molar-refractivity contribution in [2.24, 2.45) is 0 Å². The number of aromatic nitrogens is 4. The smallest absolute Gasteiger partial charge is 0.164 e. The lowest BCUT2D eigenvalue weighted by Crippen LogP contribution is -2.23. The molecule has 0 aliphatic carbocycles. The van der Waals surface area contributed by atoms with Gasteiger partial charge in [-0.3, -0.25) is 0 Å². The van der Waals surface area contributed by atoms with E-state index < -0.39 is 11.6 Å². The fourth-order valence-corrected chi connectivity index (χ4v) is 2.30. The Bertz CT molecular complexity index is 866. The third kappa shape index (κ3) is 2.14. The van der Waals surface area contributed by atoms with Gasteiger partial charge in [0, 0.05) is 5.56 Å². The topological polar surface area (TPSA) is 89.8 Å². The fraction of sp³-hybridized carbons (Fsp3) is 0.267. The van der Waals surface area contributed by atoms with Gasteiger partial charge in [-0.15, -0.1) is 0 Å². The summed E-state index contributed by atoms with van der Waals surface area (Å²) in [4.78, 5) is 8.27. The molecule has 0 saturated carbocycles. The van der Waals surface area contributed by atoms with Gasteiger partial charge >= 0.3 is 0 Å². The van der Waals surface area contributed by atoms with Gasteiger partial charge in [0.05, 0.1) is 10.9 Å². The highest BCUT2D eigenvalue weighted by Gasteiger charge is 2.24. The molecule has 0 atom stereocenters. The molecule has 0 aliphatic rings. The number of anilines is 1. The maximum Gasteiger partial charge on any atom is 0.164 e. The van der Waals surface area contributed by atoms with E-state index in [1.807, 2.05) is 20.8 Å². The number of hydrogen-bond donors (Lipinski definition) is 2. The van der Waals surface area contributed by atoms with Crippen molar-refractivity contribution >= 4 is 16.9 Å². The van der Waals surface area contributed by atoms with E-state index in [4.69, 9.17) is 5.73 Å². The summed E-state index contributed by atoms with van der Waals surface area (Å²) >= 11 is 0. The summed E-state index contributed by atoms with van der Waals surface area (Å²) in [7, 11) is 0. The van der Waals surface area contributed by atoms with Gasteiger partial charge in [-0.2, -0.15) is 5.10 Å². The van der Waals surface area contributed by atoms with Gasteiger partial charge in [-0.1, -0.05) is 0 Å². The van der Waals surface area contributed by atoms with Crippen molar-refractivity contribution < 1.29 is 9.50 Å². The first-order valence-electron chi connectivity index (χ1n) is 6.77. The maximum atomic E-state index is 13.3. The summed E-state index contributed by atoms with van der Waals surface area (Å²) in [6, 6.07) is 4.04. The number of nitrogens with zero attached hydrogens (tertiary/aromatic N) is 4. The van der Waals surface area contributed by atoms with Gasteiger partial charge in [0.25, 0.3) is 0 Å². The van der Waals surface area contributed by atoms with E-state index in [-0.39, 0.29) is 5.54 Å². The van der Waals surface area contributed by atoms with Gasteiger partial charge in [0.15, 0.2) is 17.2 Å². The minimum atomic E-state index is -0.687. The summed E-state index contributed by atoms with van der Waals surface area (Å²) in [5.41, 5.74) is 7.32. The Kier molecular flexibility index (Phi) is 3.01. The summed E-state index contributed by atoms with van der Waals surface area (Å²) in [5, 5.41) is 14.7. The lowest BCUT2D eigenvalue weighted by atomic mass is 10.1. The van der Waals surface area contributed by atoms with E-state index in [2.05, 4.69) is 15.1 Å². The molecule has 3 rings (SSSR count). The van der Waals surface area contributed by atoms with Gasteiger partial charge < -0.3 is 10.8 Å². The molecule has 0 fully saturated rings. The second kappa shape index (κ2) is 4.66. The molecule has 0 aliphatic heterocycles. The first kappa shape index (κ1) is 14.2. The molecule has 0 unspecified atom stereocenters. The number of nitrogens with two attached hydrogens (primary N) is 1. The lowest BCUT2D eigenvalue weighted by molar-refractivity contribution is 0.366. The largest absolute Gasteiger partial charge is 0.505 e. The summed E-state index contributed by atoms with van der Waals surface area (Å²) in [6.07, 6.45) is 1.38. The minimum Gasteiger partial charge on any atom is -0.505 e. The van der Waals surface area contributed by atoms with Gasteiger partial charge in [-0.25, -0.2) is 19.0 Å². The number of phenolic OH excluding ortho intramolecular Hbond substituents is 1. The summed E-state index contributed by atoms with van der Waals surface area (Å²) in [6.45, 7) is 5.97. The number of aromatic hydroxyl groups is 1. The first-order valence-corrected chi connectivity index (χ1v) is 6.77. The van der Waals surface area contributed by atoms with E-state index in [1.54, 1.807) is 4.68 Å². The average molecular weight is 301 g/mol. The molecule has 0 amide bonds. The van der Waals surface area contributed by atoms with Crippen LogP contribution in [0.25, 0.3) is 22.3 Å². The van der Waals surface area contributed by atoms with Crippen LogP contribution in [0, 0.1) is 5.82 Å². The van der Waals surface area contributed by atoms with Crippen molar-refractivity contribution in [3.05, 3.63) is 30.3 Å². The standard InChI is InChI=1S/C15H16FN5O/c1-15(2,3)21-14-11(13(17)18-7-19-14)12(20-21)8-4-5-9(16)10(22)6-8/h4-7,22H,1-3H3,(H2,17,18,19). The third-order valence-corrected chi connectivity index (χ3v) is 3.35. The third-order valence-electron chi connectivity index (χ3n) is 3.35. The molecule has 0 spiro atoms. The van der Waals surface area contributed by atoms with Crippen LogP contribution in [0.3, 0.4) is 0 Å². The molecule has 6 nitrogen and oxygen atoms in total. The Morgan fingerprint density at radius 2 is 1.95 bits per heavy atom. The van der Waals surface area contributed by atoms with Crippen molar-refractivity contribution in [1.29, 1.82) is 0 Å². The molecule has 3 N–H and O–H groups in total. The molecular weight excluding hydrogens is 285 g/mol. The van der Waals surface area contributed by atoms with Crippen molar-refractivity contribution in [3.8, 4) is 17.0 Å². The predicted octanol–water partition coefficient (Wildman–Crippen LogP) is 2.68. The highest BCUT2D eigenvalue weighted by Crippen LogP contribution is 2.34. The maximum absolute atomic E-state index is 13.3. The molecule has 114 valence electrons. The van der Waals surface area contributed by atoms with E-state index in [9.17, 15) is 9.50 Å². The highest BCUT2D eigenvalue weighted by atomic mass is 19.1. The van der Waals surface area contributed by atoms with Crippen LogP contribution in [-0.4, -0.2) is 24.9 Å². The Morgan fingerprint density at radius 3 is 2.59 bits per heavy atom.